The van der Waals surface area contributed by atoms with Gasteiger partial charge in [-0.25, -0.2) is 4.39 Å². The van der Waals surface area contributed by atoms with Crippen molar-refractivity contribution in [2.45, 2.75) is 13.0 Å². The number of aliphatic hydroxyl groups excluding tert-OH is 1. The number of amides is 1. The van der Waals surface area contributed by atoms with E-state index in [1.807, 2.05) is 43.1 Å². The smallest absolute Gasteiger partial charge is 0.300 e. The maximum atomic E-state index is 13.6. The number of likely N-dealkylation sites (N-methyl/N-ethyl adjacent to an activating group) is 1. The molecule has 2 heterocycles. The van der Waals surface area contributed by atoms with Crippen LogP contribution < -0.4 is 14.5 Å². The zero-order chi connectivity index (χ0) is 24.0. The molecule has 0 aromatic heterocycles. The molecule has 0 aliphatic carbocycles. The van der Waals surface area contributed by atoms with Crippen molar-refractivity contribution in [3.05, 3.63) is 94.8 Å². The van der Waals surface area contributed by atoms with E-state index in [9.17, 15) is 19.1 Å². The number of ether oxygens (including phenoxy) is 1. The van der Waals surface area contributed by atoms with E-state index >= 15 is 0 Å². The molecule has 7 heteroatoms. The fraction of sp³-hybridized carbons (Fsp3) is 0.185. The Balaban J connectivity index is 1.71. The SMILES string of the molecule is Cc1ccccc1C1/C(=C(\O)c2ccc3c(c2)N(C)CCO3)C(=O)C(=O)N1c1ccc(F)cc1. The number of aryl methyl sites for hydroxylation is 1. The Morgan fingerprint density at radius 2 is 1.79 bits per heavy atom. The second kappa shape index (κ2) is 8.33. The van der Waals surface area contributed by atoms with Crippen LogP contribution in [0.15, 0.2) is 72.3 Å². The average Bonchev–Trinajstić information content (AvgIpc) is 3.10. The molecular weight excluding hydrogens is 435 g/mol. The highest BCUT2D eigenvalue weighted by molar-refractivity contribution is 6.51. The second-order valence-corrected chi connectivity index (χ2v) is 8.45. The largest absolute Gasteiger partial charge is 0.507 e. The van der Waals surface area contributed by atoms with Gasteiger partial charge in [-0.2, -0.15) is 0 Å². The number of fused-ring (bicyclic) bond motifs is 1. The Bertz CT molecular complexity index is 1330. The minimum absolute atomic E-state index is 0.0112. The lowest BCUT2D eigenvalue weighted by molar-refractivity contribution is -0.132. The summed E-state index contributed by atoms with van der Waals surface area (Å²) >= 11 is 0. The fourth-order valence-electron chi connectivity index (χ4n) is 4.54. The fourth-order valence-corrected chi connectivity index (χ4v) is 4.54. The van der Waals surface area contributed by atoms with Gasteiger partial charge in [-0.05, 0) is 60.5 Å². The number of carbonyl (C=O) groups is 2. The molecule has 0 radical (unpaired) electrons. The van der Waals surface area contributed by atoms with Crippen LogP contribution in [-0.4, -0.2) is 37.0 Å². The van der Waals surface area contributed by atoms with Gasteiger partial charge < -0.3 is 14.7 Å². The number of anilines is 2. The first-order valence-corrected chi connectivity index (χ1v) is 11.0. The topological polar surface area (TPSA) is 70.1 Å². The van der Waals surface area contributed by atoms with Crippen molar-refractivity contribution in [1.29, 1.82) is 0 Å². The molecule has 2 aliphatic rings. The Labute approximate surface area is 196 Å². The van der Waals surface area contributed by atoms with E-state index < -0.39 is 23.5 Å². The summed E-state index contributed by atoms with van der Waals surface area (Å²) in [7, 11) is 1.92. The van der Waals surface area contributed by atoms with E-state index in [4.69, 9.17) is 4.74 Å². The van der Waals surface area contributed by atoms with Crippen LogP contribution in [0.4, 0.5) is 15.8 Å². The molecule has 1 unspecified atom stereocenters. The summed E-state index contributed by atoms with van der Waals surface area (Å²) in [6.07, 6.45) is 0. The van der Waals surface area contributed by atoms with Gasteiger partial charge in [0, 0.05) is 18.3 Å². The summed E-state index contributed by atoms with van der Waals surface area (Å²) in [5.74, 6) is -1.60. The minimum Gasteiger partial charge on any atom is -0.507 e. The normalized spacial score (nSPS) is 19.2. The van der Waals surface area contributed by atoms with Crippen molar-refractivity contribution >= 4 is 28.8 Å². The minimum atomic E-state index is -0.864. The quantitative estimate of drug-likeness (QED) is 0.353. The van der Waals surface area contributed by atoms with Crippen molar-refractivity contribution in [2.24, 2.45) is 0 Å². The van der Waals surface area contributed by atoms with Crippen molar-refractivity contribution in [2.75, 3.05) is 30.0 Å². The molecule has 34 heavy (non-hydrogen) atoms. The summed E-state index contributed by atoms with van der Waals surface area (Å²) in [4.78, 5) is 29.9. The van der Waals surface area contributed by atoms with Crippen molar-refractivity contribution in [3.8, 4) is 5.75 Å². The number of rotatable bonds is 3. The van der Waals surface area contributed by atoms with Gasteiger partial charge in [0.1, 0.15) is 23.9 Å². The van der Waals surface area contributed by atoms with Crippen molar-refractivity contribution in [3.63, 3.8) is 0 Å². The summed E-state index contributed by atoms with van der Waals surface area (Å²) in [5, 5.41) is 11.4. The van der Waals surface area contributed by atoms with Crippen LogP contribution in [-0.2, 0) is 9.59 Å². The zero-order valence-corrected chi connectivity index (χ0v) is 18.8. The Morgan fingerprint density at radius 3 is 2.53 bits per heavy atom. The third kappa shape index (κ3) is 3.50. The summed E-state index contributed by atoms with van der Waals surface area (Å²) in [5.41, 5.74) is 3.11. The van der Waals surface area contributed by atoms with Crippen LogP contribution in [0.25, 0.3) is 5.76 Å². The third-order valence-corrected chi connectivity index (χ3v) is 6.36. The molecule has 1 N–H and O–H groups in total. The van der Waals surface area contributed by atoms with Gasteiger partial charge in [0.25, 0.3) is 11.7 Å². The highest BCUT2D eigenvalue weighted by atomic mass is 19.1. The van der Waals surface area contributed by atoms with E-state index in [0.717, 1.165) is 11.3 Å². The monoisotopic (exact) mass is 458 g/mol. The first kappa shape index (κ1) is 21.7. The molecule has 172 valence electrons. The van der Waals surface area contributed by atoms with Gasteiger partial charge in [-0.1, -0.05) is 24.3 Å². The Kier molecular flexibility index (Phi) is 5.32. The van der Waals surface area contributed by atoms with E-state index in [-0.39, 0.29) is 11.3 Å². The molecule has 1 fully saturated rings. The van der Waals surface area contributed by atoms with E-state index in [0.29, 0.717) is 35.7 Å². The molecule has 1 amide bonds. The van der Waals surface area contributed by atoms with Gasteiger partial charge in [0.15, 0.2) is 0 Å². The van der Waals surface area contributed by atoms with Gasteiger partial charge in [0.2, 0.25) is 0 Å². The van der Waals surface area contributed by atoms with E-state index in [1.54, 1.807) is 18.2 Å². The number of benzene rings is 3. The molecule has 0 spiro atoms. The molecule has 0 bridgehead atoms. The van der Waals surface area contributed by atoms with Gasteiger partial charge in [0.05, 0.1) is 23.8 Å². The standard InChI is InChI=1S/C27H23FN2O4/c1-16-5-3-4-6-20(16)24-23(26(32)27(33)30(24)19-10-8-18(28)9-11-19)25(31)17-7-12-22-21(15-17)29(2)13-14-34-22/h3-12,15,24,31H,13-14H2,1-2H3/b25-23+. The maximum Gasteiger partial charge on any atom is 0.300 e. The van der Waals surface area contributed by atoms with Crippen LogP contribution in [0.3, 0.4) is 0 Å². The molecule has 3 aromatic rings. The van der Waals surface area contributed by atoms with Crippen LogP contribution >= 0.6 is 0 Å². The number of hydrogen-bond acceptors (Lipinski definition) is 5. The first-order valence-electron chi connectivity index (χ1n) is 11.0. The molecule has 6 nitrogen and oxygen atoms in total. The van der Waals surface area contributed by atoms with Crippen molar-refractivity contribution in [1.82, 2.24) is 0 Å². The Hall–Kier alpha value is -4.13. The highest BCUT2D eigenvalue weighted by Crippen LogP contribution is 2.44. The van der Waals surface area contributed by atoms with Crippen LogP contribution in [0.5, 0.6) is 5.75 Å². The predicted octanol–water partition coefficient (Wildman–Crippen LogP) is 4.59. The van der Waals surface area contributed by atoms with Gasteiger partial charge in [-0.15, -0.1) is 0 Å². The lowest BCUT2D eigenvalue weighted by Crippen LogP contribution is -2.29. The molecule has 1 atom stereocenters. The summed E-state index contributed by atoms with van der Waals surface area (Å²) < 4.78 is 19.3. The van der Waals surface area contributed by atoms with Crippen molar-refractivity contribution < 1.29 is 23.8 Å². The predicted molar refractivity (Wildman–Crippen MR) is 128 cm³/mol. The van der Waals surface area contributed by atoms with Gasteiger partial charge in [-0.3, -0.25) is 14.5 Å². The second-order valence-electron chi connectivity index (χ2n) is 8.45. The number of halogens is 1. The Morgan fingerprint density at radius 1 is 1.06 bits per heavy atom. The van der Waals surface area contributed by atoms with Crippen LogP contribution in [0.2, 0.25) is 0 Å². The number of ketones is 1. The maximum absolute atomic E-state index is 13.6. The summed E-state index contributed by atoms with van der Waals surface area (Å²) in [6, 6.07) is 17.1. The van der Waals surface area contributed by atoms with E-state index in [2.05, 4.69) is 0 Å². The number of carbonyl (C=O) groups excluding carboxylic acids is 2. The molecule has 2 aliphatic heterocycles. The molecule has 0 saturated carbocycles. The van der Waals surface area contributed by atoms with Gasteiger partial charge >= 0.3 is 0 Å². The number of Topliss-reactive ketones (excluding diaryl/α,β-unsaturated/α-hetero) is 1. The molecular formula is C27H23FN2O4. The average molecular weight is 458 g/mol. The van der Waals surface area contributed by atoms with E-state index in [1.165, 1.54) is 29.2 Å². The molecule has 1 saturated heterocycles. The molecule has 5 rings (SSSR count). The van der Waals surface area contributed by atoms with Crippen LogP contribution in [0.1, 0.15) is 22.7 Å². The third-order valence-electron chi connectivity index (χ3n) is 6.36. The van der Waals surface area contributed by atoms with Crippen LogP contribution in [0, 0.1) is 12.7 Å². The lowest BCUT2D eigenvalue weighted by Gasteiger charge is -2.28. The first-order chi connectivity index (χ1) is 16.4. The number of nitrogens with zero attached hydrogens (tertiary/aromatic N) is 2. The summed E-state index contributed by atoms with van der Waals surface area (Å²) in [6.45, 7) is 3.13. The highest BCUT2D eigenvalue weighted by Gasteiger charge is 2.47. The molecule has 3 aromatic carbocycles. The number of aliphatic hydroxyl groups is 1. The number of hydrogen-bond donors (Lipinski definition) is 1. The zero-order valence-electron chi connectivity index (χ0n) is 18.8. The lowest BCUT2D eigenvalue weighted by atomic mass is 9.92.